The zero-order chi connectivity index (χ0) is 17.5. The quantitative estimate of drug-likeness (QED) is 0.847. The van der Waals surface area contributed by atoms with E-state index in [0.29, 0.717) is 11.5 Å². The van der Waals surface area contributed by atoms with E-state index < -0.39 is 0 Å². The van der Waals surface area contributed by atoms with Gasteiger partial charge in [0.25, 0.3) is 5.91 Å². The SMILES string of the molecule is COc1ccccc1OCC(=O)NC(C)c1cc(C)ccc1OC. The second kappa shape index (κ2) is 8.24. The summed E-state index contributed by atoms with van der Waals surface area (Å²) < 4.78 is 16.1. The highest BCUT2D eigenvalue weighted by Crippen LogP contribution is 2.27. The molecule has 1 unspecified atom stereocenters. The predicted octanol–water partition coefficient (Wildman–Crippen LogP) is 3.27. The number of rotatable bonds is 7. The van der Waals surface area contributed by atoms with Crippen molar-refractivity contribution in [1.29, 1.82) is 0 Å². The number of para-hydroxylation sites is 2. The van der Waals surface area contributed by atoms with Crippen molar-refractivity contribution in [3.63, 3.8) is 0 Å². The molecule has 0 bridgehead atoms. The van der Waals surface area contributed by atoms with Gasteiger partial charge in [-0.2, -0.15) is 0 Å². The molecule has 0 saturated heterocycles. The smallest absolute Gasteiger partial charge is 0.258 e. The molecule has 1 N–H and O–H groups in total. The molecule has 0 spiro atoms. The third-order valence-corrected chi connectivity index (χ3v) is 3.66. The first kappa shape index (κ1) is 17.7. The topological polar surface area (TPSA) is 56.8 Å². The fraction of sp³-hybridized carbons (Fsp3) is 0.316. The van der Waals surface area contributed by atoms with Gasteiger partial charge in [0.05, 0.1) is 20.3 Å². The number of methoxy groups -OCH3 is 2. The monoisotopic (exact) mass is 329 g/mol. The normalized spacial score (nSPS) is 11.5. The summed E-state index contributed by atoms with van der Waals surface area (Å²) in [5, 5.41) is 2.92. The highest BCUT2D eigenvalue weighted by molar-refractivity contribution is 5.78. The van der Waals surface area contributed by atoms with E-state index in [1.807, 2.05) is 44.2 Å². The lowest BCUT2D eigenvalue weighted by Crippen LogP contribution is -2.31. The summed E-state index contributed by atoms with van der Waals surface area (Å²) in [6.07, 6.45) is 0. The molecule has 5 nitrogen and oxygen atoms in total. The maximum Gasteiger partial charge on any atom is 0.258 e. The van der Waals surface area contributed by atoms with Crippen LogP contribution in [0, 0.1) is 6.92 Å². The van der Waals surface area contributed by atoms with Crippen molar-refractivity contribution >= 4 is 5.91 Å². The van der Waals surface area contributed by atoms with Crippen molar-refractivity contribution in [1.82, 2.24) is 5.32 Å². The lowest BCUT2D eigenvalue weighted by molar-refractivity contribution is -0.123. The number of hydrogen-bond acceptors (Lipinski definition) is 4. The molecule has 0 aromatic heterocycles. The molecule has 0 radical (unpaired) electrons. The molecular weight excluding hydrogens is 306 g/mol. The number of carbonyl (C=O) groups is 1. The number of nitrogens with one attached hydrogen (secondary N) is 1. The number of ether oxygens (including phenoxy) is 3. The van der Waals surface area contributed by atoms with Crippen LogP contribution in [0.5, 0.6) is 17.2 Å². The van der Waals surface area contributed by atoms with E-state index in [1.54, 1.807) is 26.4 Å². The van der Waals surface area contributed by atoms with Gasteiger partial charge in [0.2, 0.25) is 0 Å². The molecule has 128 valence electrons. The van der Waals surface area contributed by atoms with Gasteiger partial charge in [-0.3, -0.25) is 4.79 Å². The second-order valence-corrected chi connectivity index (χ2v) is 5.47. The second-order valence-electron chi connectivity index (χ2n) is 5.47. The van der Waals surface area contributed by atoms with Crippen molar-refractivity contribution < 1.29 is 19.0 Å². The summed E-state index contributed by atoms with van der Waals surface area (Å²) in [4.78, 5) is 12.2. The number of benzene rings is 2. The summed E-state index contributed by atoms with van der Waals surface area (Å²) >= 11 is 0. The summed E-state index contributed by atoms with van der Waals surface area (Å²) in [5.74, 6) is 1.67. The zero-order valence-electron chi connectivity index (χ0n) is 14.5. The Kier molecular flexibility index (Phi) is 6.07. The first-order valence-electron chi connectivity index (χ1n) is 7.75. The molecule has 2 aromatic carbocycles. The van der Waals surface area contributed by atoms with Gasteiger partial charge in [-0.15, -0.1) is 0 Å². The molecule has 0 aliphatic carbocycles. The molecule has 0 fully saturated rings. The van der Waals surface area contributed by atoms with Crippen LogP contribution < -0.4 is 19.5 Å². The van der Waals surface area contributed by atoms with Crippen molar-refractivity contribution in [3.05, 3.63) is 53.6 Å². The fourth-order valence-corrected chi connectivity index (χ4v) is 2.43. The fourth-order valence-electron chi connectivity index (χ4n) is 2.43. The van der Waals surface area contributed by atoms with Crippen molar-refractivity contribution in [3.8, 4) is 17.2 Å². The average Bonchev–Trinajstić information content (AvgIpc) is 2.60. The molecule has 2 aromatic rings. The average molecular weight is 329 g/mol. The van der Waals surface area contributed by atoms with Gasteiger partial charge in [0.1, 0.15) is 5.75 Å². The van der Waals surface area contributed by atoms with Crippen LogP contribution >= 0.6 is 0 Å². The molecule has 2 rings (SSSR count). The molecule has 1 atom stereocenters. The standard InChI is InChI=1S/C19H23NO4/c1-13-9-10-16(22-3)15(11-13)14(2)20-19(21)12-24-18-8-6-5-7-17(18)23-4/h5-11,14H,12H2,1-4H3,(H,20,21). The third kappa shape index (κ3) is 4.41. The van der Waals surface area contributed by atoms with Crippen molar-refractivity contribution in [2.75, 3.05) is 20.8 Å². The minimum absolute atomic E-state index is 0.0845. The molecule has 0 aliphatic heterocycles. The van der Waals surface area contributed by atoms with Crippen molar-refractivity contribution in [2.24, 2.45) is 0 Å². The van der Waals surface area contributed by atoms with E-state index in [4.69, 9.17) is 14.2 Å². The summed E-state index contributed by atoms with van der Waals surface area (Å²) in [7, 11) is 3.18. The van der Waals surface area contributed by atoms with E-state index >= 15 is 0 Å². The Morgan fingerprint density at radius 2 is 1.71 bits per heavy atom. The Hall–Kier alpha value is -2.69. The number of amides is 1. The minimum atomic E-state index is -0.211. The Morgan fingerprint density at radius 3 is 2.38 bits per heavy atom. The maximum atomic E-state index is 12.2. The van der Waals surface area contributed by atoms with Crippen LogP contribution in [-0.4, -0.2) is 26.7 Å². The van der Waals surface area contributed by atoms with Crippen LogP contribution in [0.1, 0.15) is 24.1 Å². The van der Waals surface area contributed by atoms with Crippen LogP contribution in [0.4, 0.5) is 0 Å². The van der Waals surface area contributed by atoms with Crippen LogP contribution in [-0.2, 0) is 4.79 Å². The van der Waals surface area contributed by atoms with E-state index in [9.17, 15) is 4.79 Å². The van der Waals surface area contributed by atoms with E-state index in [0.717, 1.165) is 16.9 Å². The number of aryl methyl sites for hydroxylation is 1. The molecule has 0 saturated carbocycles. The first-order chi connectivity index (χ1) is 11.5. The number of hydrogen-bond donors (Lipinski definition) is 1. The van der Waals surface area contributed by atoms with E-state index in [2.05, 4.69) is 5.32 Å². The van der Waals surface area contributed by atoms with Gasteiger partial charge >= 0.3 is 0 Å². The lowest BCUT2D eigenvalue weighted by Gasteiger charge is -2.18. The summed E-state index contributed by atoms with van der Waals surface area (Å²) in [6, 6.07) is 12.9. The highest BCUT2D eigenvalue weighted by Gasteiger charge is 2.15. The van der Waals surface area contributed by atoms with Gasteiger partial charge in [-0.1, -0.05) is 29.8 Å². The van der Waals surface area contributed by atoms with Gasteiger partial charge in [0, 0.05) is 5.56 Å². The van der Waals surface area contributed by atoms with E-state index in [1.165, 1.54) is 0 Å². The van der Waals surface area contributed by atoms with Gasteiger partial charge in [-0.25, -0.2) is 0 Å². The summed E-state index contributed by atoms with van der Waals surface area (Å²) in [5.41, 5.74) is 2.04. The van der Waals surface area contributed by atoms with Crippen LogP contribution in [0.15, 0.2) is 42.5 Å². The van der Waals surface area contributed by atoms with Gasteiger partial charge < -0.3 is 19.5 Å². The molecule has 0 heterocycles. The van der Waals surface area contributed by atoms with Gasteiger partial charge in [0.15, 0.2) is 18.1 Å². The third-order valence-electron chi connectivity index (χ3n) is 3.66. The Labute approximate surface area is 142 Å². The first-order valence-corrected chi connectivity index (χ1v) is 7.75. The summed E-state index contributed by atoms with van der Waals surface area (Å²) in [6.45, 7) is 3.83. The molecule has 24 heavy (non-hydrogen) atoms. The largest absolute Gasteiger partial charge is 0.496 e. The van der Waals surface area contributed by atoms with Gasteiger partial charge in [-0.05, 0) is 32.0 Å². The lowest BCUT2D eigenvalue weighted by atomic mass is 10.0. The molecule has 0 aliphatic rings. The van der Waals surface area contributed by atoms with Crippen LogP contribution in [0.25, 0.3) is 0 Å². The van der Waals surface area contributed by atoms with Crippen molar-refractivity contribution in [2.45, 2.75) is 19.9 Å². The Balaban J connectivity index is 1.98. The molecular formula is C19H23NO4. The predicted molar refractivity (Wildman–Crippen MR) is 92.8 cm³/mol. The van der Waals surface area contributed by atoms with Crippen LogP contribution in [0.2, 0.25) is 0 Å². The Morgan fingerprint density at radius 1 is 1.04 bits per heavy atom. The minimum Gasteiger partial charge on any atom is -0.496 e. The molecule has 1 amide bonds. The molecule has 5 heteroatoms. The van der Waals surface area contributed by atoms with Crippen LogP contribution in [0.3, 0.4) is 0 Å². The highest BCUT2D eigenvalue weighted by atomic mass is 16.5. The number of carbonyl (C=O) groups excluding carboxylic acids is 1. The zero-order valence-corrected chi connectivity index (χ0v) is 14.5. The maximum absolute atomic E-state index is 12.2. The van der Waals surface area contributed by atoms with E-state index in [-0.39, 0.29) is 18.6 Å². The Bertz CT molecular complexity index is 700.